The lowest BCUT2D eigenvalue weighted by Crippen LogP contribution is -2.44. The first-order valence-electron chi connectivity index (χ1n) is 8.35. The molecule has 3 aliphatic rings. The number of nitrogens with one attached hydrogen (secondary N) is 1. The molecule has 3 fully saturated rings. The Morgan fingerprint density at radius 1 is 1.19 bits per heavy atom. The number of halogens is 1. The molecule has 2 unspecified atom stereocenters. The molecule has 1 aromatic carbocycles. The number of benzene rings is 1. The molecule has 1 aliphatic heterocycles. The Bertz CT molecular complexity index is 512. The van der Waals surface area contributed by atoms with Crippen LogP contribution in [0.2, 0.25) is 0 Å². The van der Waals surface area contributed by atoms with Crippen LogP contribution in [0.3, 0.4) is 0 Å². The van der Waals surface area contributed by atoms with E-state index in [0.717, 1.165) is 31.6 Å². The van der Waals surface area contributed by atoms with Crippen LogP contribution < -0.4 is 5.32 Å². The molecule has 0 amide bonds. The van der Waals surface area contributed by atoms with Gasteiger partial charge >= 0.3 is 0 Å². The molecule has 114 valence electrons. The number of hydrogen-bond donors (Lipinski definition) is 1. The molecule has 2 saturated carbocycles. The van der Waals surface area contributed by atoms with E-state index >= 15 is 0 Å². The van der Waals surface area contributed by atoms with Gasteiger partial charge in [0.05, 0.1) is 6.10 Å². The SMILES string of the molecule is Fc1ccccc1CC1(CNC2CC2)CCOC1C1CC1. The van der Waals surface area contributed by atoms with Crippen molar-refractivity contribution in [1.82, 2.24) is 5.32 Å². The molecule has 1 heterocycles. The second kappa shape index (κ2) is 5.36. The lowest BCUT2D eigenvalue weighted by Gasteiger charge is -2.35. The van der Waals surface area contributed by atoms with E-state index in [0.29, 0.717) is 18.1 Å². The highest BCUT2D eigenvalue weighted by molar-refractivity contribution is 5.21. The van der Waals surface area contributed by atoms with Crippen LogP contribution in [0.4, 0.5) is 4.39 Å². The summed E-state index contributed by atoms with van der Waals surface area (Å²) in [5.74, 6) is 0.644. The summed E-state index contributed by atoms with van der Waals surface area (Å²) in [6.45, 7) is 1.81. The summed E-state index contributed by atoms with van der Waals surface area (Å²) >= 11 is 0. The van der Waals surface area contributed by atoms with Gasteiger partial charge in [-0.25, -0.2) is 4.39 Å². The third-order valence-electron chi connectivity index (χ3n) is 5.37. The molecule has 0 radical (unpaired) electrons. The molecule has 0 bridgehead atoms. The molecule has 3 heteroatoms. The highest BCUT2D eigenvalue weighted by Crippen LogP contribution is 2.49. The topological polar surface area (TPSA) is 21.3 Å². The molecule has 1 saturated heterocycles. The number of rotatable bonds is 6. The van der Waals surface area contributed by atoms with Crippen molar-refractivity contribution in [2.24, 2.45) is 11.3 Å². The Kier molecular flexibility index (Phi) is 3.50. The van der Waals surface area contributed by atoms with Crippen LogP contribution in [-0.4, -0.2) is 25.3 Å². The fourth-order valence-corrected chi connectivity index (χ4v) is 3.84. The molecule has 2 aliphatic carbocycles. The van der Waals surface area contributed by atoms with Crippen LogP contribution >= 0.6 is 0 Å². The van der Waals surface area contributed by atoms with Gasteiger partial charge in [-0.2, -0.15) is 0 Å². The maximum atomic E-state index is 14.1. The predicted molar refractivity (Wildman–Crippen MR) is 80.6 cm³/mol. The van der Waals surface area contributed by atoms with E-state index in [-0.39, 0.29) is 11.2 Å². The van der Waals surface area contributed by atoms with Crippen molar-refractivity contribution in [2.75, 3.05) is 13.2 Å². The zero-order valence-corrected chi connectivity index (χ0v) is 12.5. The van der Waals surface area contributed by atoms with E-state index in [1.807, 2.05) is 12.1 Å². The first kappa shape index (κ1) is 13.7. The van der Waals surface area contributed by atoms with Crippen molar-refractivity contribution in [3.8, 4) is 0 Å². The molecular weight excluding hydrogens is 265 g/mol. The lowest BCUT2D eigenvalue weighted by atomic mass is 9.74. The largest absolute Gasteiger partial charge is 0.377 e. The standard InChI is InChI=1S/C18H24FNO/c19-16-4-2-1-3-14(16)11-18(12-20-15-7-8-15)9-10-21-17(18)13-5-6-13/h1-4,13,15,17,20H,5-12H2. The number of hydrogen-bond acceptors (Lipinski definition) is 2. The van der Waals surface area contributed by atoms with Crippen molar-refractivity contribution in [2.45, 2.75) is 50.7 Å². The maximum Gasteiger partial charge on any atom is 0.126 e. The van der Waals surface area contributed by atoms with Crippen molar-refractivity contribution in [1.29, 1.82) is 0 Å². The van der Waals surface area contributed by atoms with E-state index in [9.17, 15) is 4.39 Å². The molecule has 2 nitrogen and oxygen atoms in total. The zero-order chi connectivity index (χ0) is 14.3. The Morgan fingerprint density at radius 3 is 2.71 bits per heavy atom. The molecule has 1 aromatic rings. The summed E-state index contributed by atoms with van der Waals surface area (Å²) in [7, 11) is 0. The van der Waals surface area contributed by atoms with Crippen LogP contribution in [0.15, 0.2) is 24.3 Å². The maximum absolute atomic E-state index is 14.1. The van der Waals surface area contributed by atoms with Crippen molar-refractivity contribution < 1.29 is 9.13 Å². The van der Waals surface area contributed by atoms with E-state index in [1.54, 1.807) is 12.1 Å². The molecule has 21 heavy (non-hydrogen) atoms. The van der Waals surface area contributed by atoms with Crippen LogP contribution in [-0.2, 0) is 11.2 Å². The molecule has 1 N–H and O–H groups in total. The average molecular weight is 289 g/mol. The zero-order valence-electron chi connectivity index (χ0n) is 12.5. The summed E-state index contributed by atoms with van der Waals surface area (Å²) in [5.41, 5.74) is 0.942. The highest BCUT2D eigenvalue weighted by Gasteiger charge is 2.51. The first-order chi connectivity index (χ1) is 10.3. The minimum atomic E-state index is -0.0651. The van der Waals surface area contributed by atoms with Gasteiger partial charge in [0.25, 0.3) is 0 Å². The van der Waals surface area contributed by atoms with Crippen LogP contribution in [0.25, 0.3) is 0 Å². The van der Waals surface area contributed by atoms with Gasteiger partial charge in [0.15, 0.2) is 0 Å². The van der Waals surface area contributed by atoms with Gasteiger partial charge in [0.2, 0.25) is 0 Å². The van der Waals surface area contributed by atoms with Crippen LogP contribution in [0.5, 0.6) is 0 Å². The van der Waals surface area contributed by atoms with Gasteiger partial charge in [0, 0.05) is 24.6 Å². The van der Waals surface area contributed by atoms with Gasteiger partial charge in [-0.1, -0.05) is 18.2 Å². The highest BCUT2D eigenvalue weighted by atomic mass is 19.1. The molecule has 0 spiro atoms. The minimum absolute atomic E-state index is 0.0651. The van der Waals surface area contributed by atoms with Gasteiger partial charge in [-0.15, -0.1) is 0 Å². The Labute approximate surface area is 126 Å². The first-order valence-corrected chi connectivity index (χ1v) is 8.35. The lowest BCUT2D eigenvalue weighted by molar-refractivity contribution is 0.0301. The van der Waals surface area contributed by atoms with Crippen molar-refractivity contribution >= 4 is 0 Å². The summed E-state index contributed by atoms with van der Waals surface area (Å²) in [4.78, 5) is 0. The fourth-order valence-electron chi connectivity index (χ4n) is 3.84. The molecular formula is C18H24FNO. The Balaban J connectivity index is 1.57. The fraction of sp³-hybridized carbons (Fsp3) is 0.667. The summed E-state index contributed by atoms with van der Waals surface area (Å²) in [6, 6.07) is 7.94. The van der Waals surface area contributed by atoms with E-state index in [1.165, 1.54) is 25.7 Å². The second-order valence-corrected chi connectivity index (χ2v) is 7.16. The van der Waals surface area contributed by atoms with Gasteiger partial charge in [-0.3, -0.25) is 0 Å². The quantitative estimate of drug-likeness (QED) is 0.867. The Morgan fingerprint density at radius 2 is 2.00 bits per heavy atom. The van der Waals surface area contributed by atoms with E-state index in [2.05, 4.69) is 5.32 Å². The molecule has 0 aromatic heterocycles. The van der Waals surface area contributed by atoms with Gasteiger partial charge in [-0.05, 0) is 56.1 Å². The van der Waals surface area contributed by atoms with E-state index in [4.69, 9.17) is 4.74 Å². The predicted octanol–water partition coefficient (Wildman–Crippen LogP) is 3.31. The van der Waals surface area contributed by atoms with Crippen molar-refractivity contribution in [3.63, 3.8) is 0 Å². The van der Waals surface area contributed by atoms with Crippen LogP contribution in [0, 0.1) is 17.2 Å². The molecule has 4 rings (SSSR count). The minimum Gasteiger partial charge on any atom is -0.377 e. The normalized spacial score (nSPS) is 32.5. The smallest absolute Gasteiger partial charge is 0.126 e. The summed E-state index contributed by atoms with van der Waals surface area (Å²) in [5, 5.41) is 3.69. The third-order valence-corrected chi connectivity index (χ3v) is 5.37. The average Bonchev–Trinajstić information content (AvgIpc) is 3.40. The third kappa shape index (κ3) is 2.86. The van der Waals surface area contributed by atoms with Crippen molar-refractivity contribution in [3.05, 3.63) is 35.6 Å². The molecule has 2 atom stereocenters. The monoisotopic (exact) mass is 289 g/mol. The van der Waals surface area contributed by atoms with Gasteiger partial charge in [0.1, 0.15) is 5.82 Å². The van der Waals surface area contributed by atoms with Gasteiger partial charge < -0.3 is 10.1 Å². The van der Waals surface area contributed by atoms with Crippen LogP contribution in [0.1, 0.15) is 37.7 Å². The number of ether oxygens (including phenoxy) is 1. The Hall–Kier alpha value is -0.930. The second-order valence-electron chi connectivity index (χ2n) is 7.16. The summed E-state index contributed by atoms with van der Waals surface area (Å²) < 4.78 is 20.2. The summed E-state index contributed by atoms with van der Waals surface area (Å²) in [6.07, 6.45) is 7.35. The van der Waals surface area contributed by atoms with E-state index < -0.39 is 0 Å².